The second-order valence-corrected chi connectivity index (χ2v) is 5.00. The minimum absolute atomic E-state index is 0.143. The molecule has 2 aliphatic rings. The van der Waals surface area contributed by atoms with E-state index >= 15 is 0 Å². The van der Waals surface area contributed by atoms with Crippen LogP contribution in [0.5, 0.6) is 0 Å². The molecule has 1 aliphatic carbocycles. The number of hydrogen-bond donors (Lipinski definition) is 2. The number of carbonyl (C=O) groups excluding carboxylic acids is 1. The van der Waals surface area contributed by atoms with Gasteiger partial charge in [0.05, 0.1) is 6.10 Å². The standard InChI is InChI=1S/C12H22N2O2/c1-9(15)14-7-6-13-8-11(14)10-4-2-3-5-12(10)16/h10-13,16H,2-8H2,1H3/t10-,11?,12-/m0/s1. The third-order valence-electron chi connectivity index (χ3n) is 3.96. The monoisotopic (exact) mass is 226 g/mol. The normalized spacial score (nSPS) is 36.1. The Morgan fingerprint density at radius 2 is 2.12 bits per heavy atom. The second kappa shape index (κ2) is 5.15. The van der Waals surface area contributed by atoms with Gasteiger partial charge in [-0.15, -0.1) is 0 Å². The van der Waals surface area contributed by atoms with E-state index in [1.807, 2.05) is 4.90 Å². The second-order valence-electron chi connectivity index (χ2n) is 5.00. The fourth-order valence-corrected chi connectivity index (χ4v) is 3.09. The van der Waals surface area contributed by atoms with Gasteiger partial charge < -0.3 is 15.3 Å². The molecule has 1 saturated carbocycles. The minimum atomic E-state index is -0.222. The first kappa shape index (κ1) is 11.9. The molecule has 4 nitrogen and oxygen atoms in total. The molecule has 2 fully saturated rings. The van der Waals surface area contributed by atoms with E-state index in [-0.39, 0.29) is 24.0 Å². The average Bonchev–Trinajstić information content (AvgIpc) is 2.29. The Morgan fingerprint density at radius 3 is 2.81 bits per heavy atom. The van der Waals surface area contributed by atoms with Crippen LogP contribution in [-0.2, 0) is 4.79 Å². The molecular weight excluding hydrogens is 204 g/mol. The van der Waals surface area contributed by atoms with Gasteiger partial charge in [-0.2, -0.15) is 0 Å². The fourth-order valence-electron chi connectivity index (χ4n) is 3.09. The summed E-state index contributed by atoms with van der Waals surface area (Å²) in [6.45, 7) is 4.12. The molecule has 4 heteroatoms. The van der Waals surface area contributed by atoms with Gasteiger partial charge in [-0.1, -0.05) is 12.8 Å². The number of hydrogen-bond acceptors (Lipinski definition) is 3. The number of aliphatic hydroxyl groups is 1. The summed E-state index contributed by atoms with van der Waals surface area (Å²) in [5.41, 5.74) is 0. The van der Waals surface area contributed by atoms with Gasteiger partial charge in [0.1, 0.15) is 0 Å². The molecule has 92 valence electrons. The van der Waals surface area contributed by atoms with Crippen LogP contribution in [0.15, 0.2) is 0 Å². The topological polar surface area (TPSA) is 52.6 Å². The Morgan fingerprint density at radius 1 is 1.38 bits per heavy atom. The average molecular weight is 226 g/mol. The van der Waals surface area contributed by atoms with Gasteiger partial charge in [-0.05, 0) is 12.8 Å². The first-order valence-electron chi connectivity index (χ1n) is 6.36. The molecule has 0 aromatic carbocycles. The van der Waals surface area contributed by atoms with Crippen molar-refractivity contribution in [2.24, 2.45) is 5.92 Å². The van der Waals surface area contributed by atoms with Crippen molar-refractivity contribution >= 4 is 5.91 Å². The summed E-state index contributed by atoms with van der Waals surface area (Å²) in [7, 11) is 0. The van der Waals surface area contributed by atoms with Crippen LogP contribution in [0.2, 0.25) is 0 Å². The number of rotatable bonds is 1. The van der Waals surface area contributed by atoms with Crippen molar-refractivity contribution in [1.29, 1.82) is 0 Å². The highest BCUT2D eigenvalue weighted by Crippen LogP contribution is 2.30. The van der Waals surface area contributed by atoms with Crippen LogP contribution in [0.4, 0.5) is 0 Å². The van der Waals surface area contributed by atoms with Crippen molar-refractivity contribution in [3.8, 4) is 0 Å². The Kier molecular flexibility index (Phi) is 3.82. The zero-order chi connectivity index (χ0) is 11.5. The molecule has 1 amide bonds. The van der Waals surface area contributed by atoms with Gasteiger partial charge in [0, 0.05) is 38.5 Å². The highest BCUT2D eigenvalue weighted by molar-refractivity contribution is 5.73. The van der Waals surface area contributed by atoms with Crippen molar-refractivity contribution < 1.29 is 9.90 Å². The number of aliphatic hydroxyl groups excluding tert-OH is 1. The summed E-state index contributed by atoms with van der Waals surface area (Å²) in [5, 5.41) is 13.4. The largest absolute Gasteiger partial charge is 0.393 e. The highest BCUT2D eigenvalue weighted by atomic mass is 16.3. The van der Waals surface area contributed by atoms with E-state index in [1.54, 1.807) is 6.92 Å². The van der Waals surface area contributed by atoms with E-state index in [2.05, 4.69) is 5.32 Å². The van der Waals surface area contributed by atoms with Gasteiger partial charge in [0.2, 0.25) is 5.91 Å². The lowest BCUT2D eigenvalue weighted by Gasteiger charge is -2.43. The molecule has 0 spiro atoms. The van der Waals surface area contributed by atoms with E-state index in [1.165, 1.54) is 6.42 Å². The predicted molar refractivity (Wildman–Crippen MR) is 62.0 cm³/mol. The lowest BCUT2D eigenvalue weighted by atomic mass is 9.80. The van der Waals surface area contributed by atoms with Gasteiger partial charge in [0.25, 0.3) is 0 Å². The molecule has 1 unspecified atom stereocenters. The number of carbonyl (C=O) groups is 1. The van der Waals surface area contributed by atoms with Crippen molar-refractivity contribution in [3.05, 3.63) is 0 Å². The molecule has 0 bridgehead atoms. The number of amides is 1. The number of nitrogens with zero attached hydrogens (tertiary/aromatic N) is 1. The van der Waals surface area contributed by atoms with Gasteiger partial charge in [0.15, 0.2) is 0 Å². The van der Waals surface area contributed by atoms with Crippen molar-refractivity contribution in [2.45, 2.75) is 44.8 Å². The Bertz CT molecular complexity index is 257. The molecule has 1 heterocycles. The third-order valence-corrected chi connectivity index (χ3v) is 3.96. The number of piperazine rings is 1. The van der Waals surface area contributed by atoms with Crippen LogP contribution < -0.4 is 5.32 Å². The summed E-state index contributed by atoms with van der Waals surface area (Å²) in [6, 6.07) is 0.196. The quantitative estimate of drug-likeness (QED) is 0.678. The smallest absolute Gasteiger partial charge is 0.219 e. The van der Waals surface area contributed by atoms with Crippen LogP contribution >= 0.6 is 0 Å². The zero-order valence-electron chi connectivity index (χ0n) is 9.98. The van der Waals surface area contributed by atoms with Gasteiger partial charge in [-0.3, -0.25) is 4.79 Å². The SMILES string of the molecule is CC(=O)N1CCNCC1[C@@H]1CCCC[C@@H]1O. The first-order valence-corrected chi connectivity index (χ1v) is 6.36. The van der Waals surface area contributed by atoms with Crippen LogP contribution in [0.1, 0.15) is 32.6 Å². The summed E-state index contributed by atoms with van der Waals surface area (Å²) in [6.07, 6.45) is 4.03. The number of nitrogens with one attached hydrogen (secondary N) is 1. The predicted octanol–water partition coefficient (Wildman–Crippen LogP) is 0.358. The highest BCUT2D eigenvalue weighted by Gasteiger charge is 2.36. The lowest BCUT2D eigenvalue weighted by Crippen LogP contribution is -2.58. The van der Waals surface area contributed by atoms with E-state index in [0.29, 0.717) is 0 Å². The molecule has 0 aromatic heterocycles. The summed E-state index contributed by atoms with van der Waals surface area (Å²) in [4.78, 5) is 13.5. The van der Waals surface area contributed by atoms with Crippen molar-refractivity contribution in [2.75, 3.05) is 19.6 Å². The van der Waals surface area contributed by atoms with Crippen LogP contribution in [-0.4, -0.2) is 47.7 Å². The first-order chi connectivity index (χ1) is 7.70. The van der Waals surface area contributed by atoms with E-state index in [0.717, 1.165) is 38.9 Å². The Balaban J connectivity index is 2.06. The van der Waals surface area contributed by atoms with E-state index in [9.17, 15) is 9.90 Å². The summed E-state index contributed by atoms with van der Waals surface area (Å²) in [5.74, 6) is 0.412. The van der Waals surface area contributed by atoms with Crippen molar-refractivity contribution in [3.63, 3.8) is 0 Å². The van der Waals surface area contributed by atoms with Gasteiger partial charge in [-0.25, -0.2) is 0 Å². The minimum Gasteiger partial charge on any atom is -0.393 e. The summed E-state index contributed by atoms with van der Waals surface area (Å²) >= 11 is 0. The molecule has 1 aliphatic heterocycles. The molecule has 2 rings (SSSR count). The molecule has 16 heavy (non-hydrogen) atoms. The zero-order valence-corrected chi connectivity index (χ0v) is 9.98. The van der Waals surface area contributed by atoms with Gasteiger partial charge >= 0.3 is 0 Å². The molecule has 2 N–H and O–H groups in total. The maximum Gasteiger partial charge on any atom is 0.219 e. The molecule has 0 aromatic rings. The van der Waals surface area contributed by atoms with Crippen LogP contribution in [0.25, 0.3) is 0 Å². The maximum atomic E-state index is 11.6. The van der Waals surface area contributed by atoms with Crippen LogP contribution in [0.3, 0.4) is 0 Å². The lowest BCUT2D eigenvalue weighted by molar-refractivity contribution is -0.135. The summed E-state index contributed by atoms with van der Waals surface area (Å²) < 4.78 is 0. The third kappa shape index (κ3) is 2.38. The Hall–Kier alpha value is -0.610. The van der Waals surface area contributed by atoms with Crippen molar-refractivity contribution in [1.82, 2.24) is 10.2 Å². The molecule has 1 saturated heterocycles. The van der Waals surface area contributed by atoms with E-state index in [4.69, 9.17) is 0 Å². The molecular formula is C12H22N2O2. The molecule has 3 atom stereocenters. The fraction of sp³-hybridized carbons (Fsp3) is 0.917. The Labute approximate surface area is 97.0 Å². The maximum absolute atomic E-state index is 11.6. The molecule has 0 radical (unpaired) electrons. The van der Waals surface area contributed by atoms with E-state index < -0.39 is 0 Å². The van der Waals surface area contributed by atoms with Crippen LogP contribution in [0, 0.1) is 5.92 Å².